The van der Waals surface area contributed by atoms with Crippen molar-refractivity contribution in [3.63, 3.8) is 0 Å². The van der Waals surface area contributed by atoms with Crippen molar-refractivity contribution in [3.05, 3.63) is 0 Å². The van der Waals surface area contributed by atoms with Crippen molar-refractivity contribution in [2.45, 2.75) is 41.8 Å². The molecule has 2 unspecified atom stereocenters. The lowest BCUT2D eigenvalue weighted by atomic mass is 9.57. The van der Waals surface area contributed by atoms with E-state index in [0.29, 0.717) is 0 Å². The number of carbonyl (C=O) groups excluding carboxylic acids is 1. The molecule has 3 rings (SSSR count). The smallest absolute Gasteiger partial charge is 0.338 e. The van der Waals surface area contributed by atoms with E-state index in [0.717, 1.165) is 0 Å². The van der Waals surface area contributed by atoms with Crippen LogP contribution in [-0.4, -0.2) is 91.0 Å². The maximum atomic E-state index is 11.9. The van der Waals surface area contributed by atoms with E-state index in [1.807, 2.05) is 0 Å². The number of rotatable bonds is 1. The molecule has 0 radical (unpaired) electrons. The molecule has 11 heteroatoms. The molecule has 2 heterocycles. The summed E-state index contributed by atoms with van der Waals surface area (Å²) >= 11 is 0. The van der Waals surface area contributed by atoms with Crippen LogP contribution in [-0.2, 0) is 9.53 Å². The normalized spacial score (nSPS) is 53.9. The van der Waals surface area contributed by atoms with Gasteiger partial charge in [-0.05, 0) is 0 Å². The topological polar surface area (TPSA) is 198 Å². The molecule has 8 atom stereocenters. The van der Waals surface area contributed by atoms with Gasteiger partial charge >= 0.3 is 5.97 Å². The van der Waals surface area contributed by atoms with Crippen molar-refractivity contribution in [2.24, 2.45) is 16.6 Å². The number of nitrogens with one attached hydrogen (secondary N) is 1. The molecular weight excluding hydrogens is 302 g/mol. The van der Waals surface area contributed by atoms with Crippen molar-refractivity contribution in [2.75, 3.05) is 6.61 Å². The average molecular weight is 319 g/mol. The Morgan fingerprint density at radius 1 is 1.27 bits per heavy atom. The molecule has 11 nitrogen and oxygen atoms in total. The van der Waals surface area contributed by atoms with Gasteiger partial charge in [0.15, 0.2) is 30.0 Å². The fourth-order valence-electron chi connectivity index (χ4n) is 3.65. The fraction of sp³-hybridized carbons (Fsp3) is 0.818. The summed E-state index contributed by atoms with van der Waals surface area (Å²) in [5.74, 6) is -3.09. The number of aliphatic hydroxyl groups excluding tert-OH is 5. The number of ether oxygens (including phenoxy) is 1. The van der Waals surface area contributed by atoms with Gasteiger partial charge in [0.25, 0.3) is 0 Å². The molecule has 124 valence electrons. The zero-order chi connectivity index (χ0) is 16.4. The molecule has 22 heavy (non-hydrogen) atoms. The Morgan fingerprint density at radius 2 is 1.91 bits per heavy atom. The Bertz CT molecular complexity index is 543. The highest BCUT2D eigenvalue weighted by molar-refractivity contribution is 5.85. The molecule has 1 saturated carbocycles. The minimum atomic E-state index is -2.44. The van der Waals surface area contributed by atoms with Crippen LogP contribution in [0.3, 0.4) is 0 Å². The van der Waals surface area contributed by atoms with E-state index in [4.69, 9.17) is 10.5 Å². The van der Waals surface area contributed by atoms with Crippen LogP contribution in [0.15, 0.2) is 4.99 Å². The van der Waals surface area contributed by atoms with E-state index >= 15 is 0 Å². The Hall–Kier alpha value is -1.50. The number of hydrogen-bond donors (Lipinski definition) is 8. The highest BCUT2D eigenvalue weighted by Crippen LogP contribution is 2.48. The van der Waals surface area contributed by atoms with Crippen LogP contribution in [0.2, 0.25) is 0 Å². The molecule has 0 aromatic rings. The first-order valence-corrected chi connectivity index (χ1v) is 6.57. The van der Waals surface area contributed by atoms with Gasteiger partial charge in [0.05, 0.1) is 18.6 Å². The molecule has 0 aromatic carbocycles. The lowest BCUT2D eigenvalue weighted by Gasteiger charge is -2.62. The largest absolute Gasteiger partial charge is 0.454 e. The second kappa shape index (κ2) is 4.50. The standard InChI is InChI=1S/C11H17N3O8/c12-9-13-7(19)2-3(16)10(21,1-15)6-4(17)11(2,14-9)5(18)8(20)22-6/h2-7,15-19,21H,1H2,(H3,12,13,14)/t2-,3+,4?,5-,6-,7-,10-,11?/m1/s1. The van der Waals surface area contributed by atoms with Gasteiger partial charge in [-0.25, -0.2) is 9.79 Å². The first kappa shape index (κ1) is 15.4. The summed E-state index contributed by atoms with van der Waals surface area (Å²) in [4.78, 5) is 15.4. The highest BCUT2D eigenvalue weighted by Gasteiger charge is 2.75. The van der Waals surface area contributed by atoms with E-state index in [1.165, 1.54) is 0 Å². The number of fused-ring (bicyclic) bond motifs is 1. The predicted molar refractivity (Wildman–Crippen MR) is 66.9 cm³/mol. The van der Waals surface area contributed by atoms with Crippen molar-refractivity contribution in [1.82, 2.24) is 5.32 Å². The summed E-state index contributed by atoms with van der Waals surface area (Å²) in [6.45, 7) is -1.06. The number of nitrogens with zero attached hydrogens (tertiary/aromatic N) is 1. The molecule has 1 spiro atoms. The van der Waals surface area contributed by atoms with Crippen molar-refractivity contribution in [1.29, 1.82) is 0 Å². The van der Waals surface area contributed by atoms with Gasteiger partial charge in [-0.3, -0.25) is 0 Å². The fourth-order valence-corrected chi connectivity index (χ4v) is 3.65. The first-order valence-electron chi connectivity index (χ1n) is 6.57. The van der Waals surface area contributed by atoms with E-state index in [2.05, 4.69) is 10.3 Å². The lowest BCUT2D eigenvalue weighted by Crippen LogP contribution is -2.88. The Balaban J connectivity index is 2.22. The number of aliphatic imine (C=N–C) groups is 1. The summed E-state index contributed by atoms with van der Waals surface area (Å²) in [6.07, 6.45) is -9.08. The van der Waals surface area contributed by atoms with Crippen LogP contribution >= 0.6 is 0 Å². The summed E-state index contributed by atoms with van der Waals surface area (Å²) < 4.78 is 4.76. The Labute approximate surface area is 123 Å². The summed E-state index contributed by atoms with van der Waals surface area (Å²) in [5, 5.41) is 63.3. The van der Waals surface area contributed by atoms with Crippen LogP contribution in [0.25, 0.3) is 0 Å². The van der Waals surface area contributed by atoms with Crippen LogP contribution in [0, 0.1) is 5.92 Å². The number of hydrogen-bond acceptors (Lipinski definition) is 11. The Kier molecular flexibility index (Phi) is 3.15. The van der Waals surface area contributed by atoms with Crippen LogP contribution in [0.5, 0.6) is 0 Å². The van der Waals surface area contributed by atoms with Gasteiger partial charge in [-0.2, -0.15) is 0 Å². The number of nitrogens with two attached hydrogens (primary N) is 1. The SMILES string of the molecule is NC1=N[C@H](O)[C@H]2[C@H](O)[C@](O)(CO)[C@@H]3OC(=O)[C@@H](O)C2(N1)C3O. The second-order valence-corrected chi connectivity index (χ2v) is 5.81. The third kappa shape index (κ3) is 1.55. The molecule has 3 aliphatic rings. The van der Waals surface area contributed by atoms with Gasteiger partial charge in [-0.1, -0.05) is 0 Å². The van der Waals surface area contributed by atoms with Crippen molar-refractivity contribution in [3.8, 4) is 0 Å². The van der Waals surface area contributed by atoms with Gasteiger partial charge in [0.1, 0.15) is 11.6 Å². The molecule has 0 amide bonds. The van der Waals surface area contributed by atoms with Crippen LogP contribution < -0.4 is 11.1 Å². The highest BCUT2D eigenvalue weighted by atomic mass is 16.6. The number of esters is 1. The van der Waals surface area contributed by atoms with Crippen LogP contribution in [0.4, 0.5) is 0 Å². The summed E-state index contributed by atoms with van der Waals surface area (Å²) in [6, 6.07) is 0. The van der Waals surface area contributed by atoms with E-state index in [9.17, 15) is 35.4 Å². The van der Waals surface area contributed by atoms with Gasteiger partial charge in [0.2, 0.25) is 0 Å². The third-order valence-corrected chi connectivity index (χ3v) is 4.78. The minimum Gasteiger partial charge on any atom is -0.454 e. The quantitative estimate of drug-likeness (QED) is 0.215. The molecule has 1 aliphatic carbocycles. The zero-order valence-electron chi connectivity index (χ0n) is 11.2. The maximum Gasteiger partial charge on any atom is 0.338 e. The first-order chi connectivity index (χ1) is 10.2. The van der Waals surface area contributed by atoms with Crippen molar-refractivity contribution < 1.29 is 40.2 Å². The van der Waals surface area contributed by atoms with Gasteiger partial charge in [-0.15, -0.1) is 0 Å². The minimum absolute atomic E-state index is 0.364. The summed E-state index contributed by atoms with van der Waals surface area (Å²) in [7, 11) is 0. The average Bonchev–Trinajstić information content (AvgIpc) is 2.46. The van der Waals surface area contributed by atoms with E-state index < -0.39 is 60.3 Å². The monoisotopic (exact) mass is 319 g/mol. The number of guanidine groups is 1. The second-order valence-electron chi connectivity index (χ2n) is 5.81. The van der Waals surface area contributed by atoms with Crippen LogP contribution in [0.1, 0.15) is 0 Å². The zero-order valence-corrected chi connectivity index (χ0v) is 11.2. The number of carbonyl (C=O) groups is 1. The third-order valence-electron chi connectivity index (χ3n) is 4.78. The molecular formula is C11H17N3O8. The summed E-state index contributed by atoms with van der Waals surface area (Å²) in [5.41, 5.74) is 1.04. The molecule has 2 fully saturated rings. The lowest BCUT2D eigenvalue weighted by molar-refractivity contribution is -0.309. The molecule has 2 aliphatic heterocycles. The number of aliphatic hydroxyl groups is 6. The molecule has 2 bridgehead atoms. The van der Waals surface area contributed by atoms with Crippen molar-refractivity contribution >= 4 is 11.9 Å². The molecule has 9 N–H and O–H groups in total. The van der Waals surface area contributed by atoms with E-state index in [1.54, 1.807) is 0 Å². The van der Waals surface area contributed by atoms with Gasteiger partial charge < -0.3 is 46.4 Å². The van der Waals surface area contributed by atoms with Gasteiger partial charge in [0, 0.05) is 0 Å². The molecule has 1 saturated heterocycles. The van der Waals surface area contributed by atoms with E-state index in [-0.39, 0.29) is 5.96 Å². The predicted octanol–water partition coefficient (Wildman–Crippen LogP) is -5.68. The Morgan fingerprint density at radius 3 is 2.50 bits per heavy atom. The molecule has 0 aromatic heterocycles. The maximum absolute atomic E-state index is 11.9.